The second kappa shape index (κ2) is 10.4. The van der Waals surface area contributed by atoms with Gasteiger partial charge < -0.3 is 23.7 Å². The molecule has 0 bridgehead atoms. The maximum absolute atomic E-state index is 8.63. The Morgan fingerprint density at radius 1 is 0.903 bits per heavy atom. The maximum Gasteiger partial charge on any atom is 0.292 e. The van der Waals surface area contributed by atoms with Crippen LogP contribution in [0.3, 0.4) is 0 Å². The Morgan fingerprint density at radius 3 is 2.13 bits per heavy atom. The molecule has 1 atom stereocenters. The van der Waals surface area contributed by atoms with E-state index in [1.54, 1.807) is 24.5 Å². The zero-order valence-electron chi connectivity index (χ0n) is 19.5. The highest BCUT2D eigenvalue weighted by Crippen LogP contribution is 2.41. The summed E-state index contributed by atoms with van der Waals surface area (Å²) in [6.45, 7) is 13.8. The lowest BCUT2D eigenvalue weighted by Crippen LogP contribution is -2.33. The molecule has 0 saturated carbocycles. The first-order valence-electron chi connectivity index (χ1n) is 10.3. The van der Waals surface area contributed by atoms with Crippen LogP contribution in [0.15, 0.2) is 42.5 Å². The lowest BCUT2D eigenvalue weighted by Gasteiger charge is -2.39. The molecule has 6 heteroatoms. The molecular weight excluding hydrogens is 394 g/mol. The summed E-state index contributed by atoms with van der Waals surface area (Å²) < 4.78 is 27.2. The fourth-order valence-corrected chi connectivity index (χ4v) is 2.85. The van der Waals surface area contributed by atoms with Gasteiger partial charge in [0.25, 0.3) is 6.26 Å². The maximum atomic E-state index is 8.63. The van der Waals surface area contributed by atoms with Crippen LogP contribution in [0.1, 0.15) is 47.1 Å². The number of nitriles is 1. The smallest absolute Gasteiger partial charge is 0.292 e. The monoisotopic (exact) mass is 427 g/mol. The van der Waals surface area contributed by atoms with Crippen molar-refractivity contribution < 1.29 is 23.7 Å². The number of ether oxygens (including phenoxy) is 5. The third-order valence-electron chi connectivity index (χ3n) is 5.75. The van der Waals surface area contributed by atoms with E-state index in [0.29, 0.717) is 30.5 Å². The molecule has 0 amide bonds. The number of hydrogen-bond donors (Lipinski definition) is 0. The first-order chi connectivity index (χ1) is 14.6. The second-order valence-corrected chi connectivity index (χ2v) is 8.81. The van der Waals surface area contributed by atoms with Gasteiger partial charge in [-0.3, -0.25) is 0 Å². The summed E-state index contributed by atoms with van der Waals surface area (Å²) in [5, 5.41) is 8.63. The summed E-state index contributed by atoms with van der Waals surface area (Å²) in [4.78, 5) is 0. The minimum absolute atomic E-state index is 0.0482. The zero-order valence-corrected chi connectivity index (χ0v) is 19.5. The van der Waals surface area contributed by atoms with Crippen LogP contribution in [0, 0.1) is 16.9 Å². The number of hydrogen-bond acceptors (Lipinski definition) is 6. The van der Waals surface area contributed by atoms with Crippen molar-refractivity contribution >= 4 is 0 Å². The first-order valence-corrected chi connectivity index (χ1v) is 10.3. The average molecular weight is 428 g/mol. The Bertz CT molecular complexity index is 878. The van der Waals surface area contributed by atoms with Crippen LogP contribution >= 0.6 is 0 Å². The van der Waals surface area contributed by atoms with Crippen molar-refractivity contribution in [2.75, 3.05) is 20.3 Å². The number of nitrogens with zero attached hydrogens (tertiary/aromatic N) is 1. The standard InChI is InChI=1S/C25H33NO5/c1-18(31-20-10-8-19(9-11-20)25(5,6)24(2,3)4)28-14-15-29-21-12-13-22(30-17-26)23(16-21)27-7/h8-13,16,18H,14-15H2,1-7H3. The van der Waals surface area contributed by atoms with Crippen LogP contribution < -0.4 is 18.9 Å². The molecule has 0 spiro atoms. The van der Waals surface area contributed by atoms with Gasteiger partial charge in [0, 0.05) is 6.07 Å². The molecule has 0 fully saturated rings. The van der Waals surface area contributed by atoms with Gasteiger partial charge in [0.05, 0.1) is 13.7 Å². The van der Waals surface area contributed by atoms with Crippen molar-refractivity contribution in [3.05, 3.63) is 48.0 Å². The van der Waals surface area contributed by atoms with E-state index < -0.39 is 6.29 Å². The summed E-state index contributed by atoms with van der Waals surface area (Å²) in [7, 11) is 1.50. The Morgan fingerprint density at radius 2 is 1.55 bits per heavy atom. The minimum Gasteiger partial charge on any atom is -0.493 e. The van der Waals surface area contributed by atoms with Gasteiger partial charge in [0.15, 0.2) is 17.8 Å². The number of benzene rings is 2. The Hall–Kier alpha value is -2.91. The van der Waals surface area contributed by atoms with Crippen LogP contribution in [-0.2, 0) is 10.2 Å². The molecule has 6 nitrogen and oxygen atoms in total. The van der Waals surface area contributed by atoms with Crippen molar-refractivity contribution in [2.24, 2.45) is 5.41 Å². The fraction of sp³-hybridized carbons (Fsp3) is 0.480. The van der Waals surface area contributed by atoms with Crippen molar-refractivity contribution in [3.63, 3.8) is 0 Å². The molecule has 2 aromatic carbocycles. The summed E-state index contributed by atoms with van der Waals surface area (Å²) in [5.74, 6) is 2.12. The average Bonchev–Trinajstić information content (AvgIpc) is 2.72. The molecule has 2 rings (SSSR count). The number of rotatable bonds is 10. The summed E-state index contributed by atoms with van der Waals surface area (Å²) in [6, 6.07) is 13.2. The SMILES string of the molecule is COc1cc(OCCOC(C)Oc2ccc(C(C)(C)C(C)(C)C)cc2)ccc1OC#N. The molecule has 1 unspecified atom stereocenters. The van der Waals surface area contributed by atoms with Gasteiger partial charge in [-0.15, -0.1) is 5.26 Å². The van der Waals surface area contributed by atoms with E-state index in [4.69, 9.17) is 28.9 Å². The molecule has 0 aromatic heterocycles. The zero-order chi connectivity index (χ0) is 23.1. The van der Waals surface area contributed by atoms with Crippen LogP contribution in [0.2, 0.25) is 0 Å². The van der Waals surface area contributed by atoms with Crippen LogP contribution in [0.5, 0.6) is 23.0 Å². The predicted molar refractivity (Wildman–Crippen MR) is 120 cm³/mol. The first kappa shape index (κ1) is 24.4. The van der Waals surface area contributed by atoms with Crippen LogP contribution in [-0.4, -0.2) is 26.6 Å². The van der Waals surface area contributed by atoms with E-state index in [-0.39, 0.29) is 10.8 Å². The Labute approximate surface area is 185 Å². The lowest BCUT2D eigenvalue weighted by atomic mass is 9.65. The fourth-order valence-electron chi connectivity index (χ4n) is 2.85. The summed E-state index contributed by atoms with van der Waals surface area (Å²) >= 11 is 0. The molecule has 31 heavy (non-hydrogen) atoms. The molecule has 0 heterocycles. The molecule has 0 aliphatic carbocycles. The number of methoxy groups -OCH3 is 1. The van der Waals surface area contributed by atoms with E-state index in [2.05, 4.69) is 46.8 Å². The normalized spacial score (nSPS) is 12.6. The van der Waals surface area contributed by atoms with Gasteiger partial charge in [-0.1, -0.05) is 46.8 Å². The molecular formula is C25H33NO5. The highest BCUT2D eigenvalue weighted by molar-refractivity contribution is 5.46. The highest BCUT2D eigenvalue weighted by atomic mass is 16.7. The van der Waals surface area contributed by atoms with Gasteiger partial charge >= 0.3 is 0 Å². The molecule has 168 valence electrons. The summed E-state index contributed by atoms with van der Waals surface area (Å²) in [6.07, 6.45) is 1.21. The van der Waals surface area contributed by atoms with Crippen molar-refractivity contribution in [3.8, 4) is 29.3 Å². The highest BCUT2D eigenvalue weighted by Gasteiger charge is 2.34. The third kappa shape index (κ3) is 6.53. The van der Waals surface area contributed by atoms with E-state index >= 15 is 0 Å². The third-order valence-corrected chi connectivity index (χ3v) is 5.75. The Kier molecular flexibility index (Phi) is 8.18. The second-order valence-electron chi connectivity index (χ2n) is 8.81. The van der Waals surface area contributed by atoms with Gasteiger partial charge in [0.2, 0.25) is 0 Å². The predicted octanol–water partition coefficient (Wildman–Crippen LogP) is 5.70. The summed E-state index contributed by atoms with van der Waals surface area (Å²) in [5.41, 5.74) is 1.47. The molecule has 0 aliphatic rings. The molecule has 0 N–H and O–H groups in total. The Balaban J connectivity index is 1.81. The van der Waals surface area contributed by atoms with Crippen molar-refractivity contribution in [1.29, 1.82) is 5.26 Å². The van der Waals surface area contributed by atoms with Crippen LogP contribution in [0.25, 0.3) is 0 Å². The van der Waals surface area contributed by atoms with Gasteiger partial charge in [-0.25, -0.2) is 0 Å². The van der Waals surface area contributed by atoms with Crippen molar-refractivity contribution in [1.82, 2.24) is 0 Å². The molecule has 0 saturated heterocycles. The van der Waals surface area contributed by atoms with Crippen LogP contribution in [0.4, 0.5) is 0 Å². The van der Waals surface area contributed by atoms with Gasteiger partial charge in [-0.05, 0) is 47.6 Å². The molecule has 0 radical (unpaired) electrons. The van der Waals surface area contributed by atoms with E-state index in [1.165, 1.54) is 12.7 Å². The minimum atomic E-state index is -0.411. The topological polar surface area (TPSA) is 69.9 Å². The van der Waals surface area contributed by atoms with E-state index in [9.17, 15) is 0 Å². The van der Waals surface area contributed by atoms with E-state index in [1.807, 2.05) is 19.1 Å². The van der Waals surface area contributed by atoms with E-state index in [0.717, 1.165) is 5.75 Å². The quantitative estimate of drug-likeness (QED) is 0.275. The lowest BCUT2D eigenvalue weighted by molar-refractivity contribution is -0.0739. The van der Waals surface area contributed by atoms with Crippen molar-refractivity contribution in [2.45, 2.75) is 53.2 Å². The van der Waals surface area contributed by atoms with Gasteiger partial charge in [0.1, 0.15) is 18.1 Å². The molecule has 2 aromatic rings. The molecule has 0 aliphatic heterocycles. The largest absolute Gasteiger partial charge is 0.493 e. The van der Waals surface area contributed by atoms with Gasteiger partial charge in [-0.2, -0.15) is 0 Å².